The van der Waals surface area contributed by atoms with Gasteiger partial charge < -0.3 is 10.8 Å². The average molecular weight is 166 g/mol. The molecular weight excluding hydrogens is 159 g/mol. The van der Waals surface area contributed by atoms with Gasteiger partial charge in [-0.15, -0.1) is 0 Å². The molecule has 56 valence electrons. The van der Waals surface area contributed by atoms with Crippen molar-refractivity contribution in [3.63, 3.8) is 0 Å². The van der Waals surface area contributed by atoms with Gasteiger partial charge in [-0.1, -0.05) is 17.7 Å². The molecule has 11 heavy (non-hydrogen) atoms. The molecule has 0 saturated carbocycles. The minimum absolute atomic E-state index is 0.0394. The molecule has 3 nitrogen and oxygen atoms in total. The van der Waals surface area contributed by atoms with Gasteiger partial charge in [-0.05, 0) is 6.07 Å². The smallest absolute Gasteiger partial charge is 0.143 e. The lowest BCUT2D eigenvalue weighted by molar-refractivity contribution is 0.472. The number of nitrogens with zero attached hydrogens (tertiary/aromatic N) is 1. The van der Waals surface area contributed by atoms with Crippen LogP contribution in [0, 0.1) is 0 Å². The van der Waals surface area contributed by atoms with Crippen molar-refractivity contribution in [3.8, 4) is 5.75 Å². The standard InChI is InChI=1S/C6H7BN2OS/c7-3-1-4(10)5(6(8)11)9-2-3/h1-2,10H,7H2,(H2,8,11). The molecule has 1 aromatic rings. The number of aromatic hydroxyl groups is 1. The van der Waals surface area contributed by atoms with Gasteiger partial charge >= 0.3 is 0 Å². The van der Waals surface area contributed by atoms with Crippen LogP contribution in [0.4, 0.5) is 0 Å². The van der Waals surface area contributed by atoms with Gasteiger partial charge in [0.05, 0.1) is 0 Å². The maximum absolute atomic E-state index is 9.23. The van der Waals surface area contributed by atoms with Gasteiger partial charge in [-0.3, -0.25) is 4.98 Å². The second-order valence-corrected chi connectivity index (χ2v) is 2.68. The number of nitrogens with two attached hydrogens (primary N) is 1. The minimum atomic E-state index is 0.0394. The van der Waals surface area contributed by atoms with Crippen molar-refractivity contribution in [1.82, 2.24) is 4.98 Å². The van der Waals surface area contributed by atoms with E-state index in [0.29, 0.717) is 0 Å². The zero-order valence-corrected chi connectivity index (χ0v) is 6.85. The highest BCUT2D eigenvalue weighted by Gasteiger charge is 2.03. The fourth-order valence-electron chi connectivity index (χ4n) is 0.744. The Morgan fingerprint density at radius 2 is 2.36 bits per heavy atom. The number of rotatable bonds is 1. The van der Waals surface area contributed by atoms with Crippen LogP contribution < -0.4 is 11.2 Å². The van der Waals surface area contributed by atoms with Crippen LogP contribution >= 0.6 is 12.2 Å². The van der Waals surface area contributed by atoms with Crippen molar-refractivity contribution < 1.29 is 5.11 Å². The van der Waals surface area contributed by atoms with Crippen molar-refractivity contribution in [2.24, 2.45) is 5.73 Å². The molecule has 0 bridgehead atoms. The number of hydrogen-bond acceptors (Lipinski definition) is 3. The third kappa shape index (κ3) is 1.68. The summed E-state index contributed by atoms with van der Waals surface area (Å²) < 4.78 is 0. The first kappa shape index (κ1) is 8.01. The van der Waals surface area contributed by atoms with Crippen molar-refractivity contribution in [3.05, 3.63) is 18.0 Å². The Morgan fingerprint density at radius 1 is 1.73 bits per heavy atom. The van der Waals surface area contributed by atoms with E-state index < -0.39 is 0 Å². The van der Waals surface area contributed by atoms with Crippen LogP contribution in [-0.4, -0.2) is 22.9 Å². The minimum Gasteiger partial charge on any atom is -0.506 e. The van der Waals surface area contributed by atoms with Crippen molar-refractivity contribution in [2.45, 2.75) is 0 Å². The molecular formula is C6H7BN2OS. The predicted octanol–water partition coefficient (Wildman–Crippen LogP) is -1.32. The molecule has 0 spiro atoms. The Morgan fingerprint density at radius 3 is 2.82 bits per heavy atom. The van der Waals surface area contributed by atoms with Gasteiger partial charge in [-0.25, -0.2) is 0 Å². The van der Waals surface area contributed by atoms with Gasteiger partial charge in [0.2, 0.25) is 0 Å². The third-order valence-electron chi connectivity index (χ3n) is 1.24. The molecule has 0 aromatic carbocycles. The van der Waals surface area contributed by atoms with E-state index in [-0.39, 0.29) is 16.4 Å². The Balaban J connectivity index is 3.20. The van der Waals surface area contributed by atoms with Crippen molar-refractivity contribution >= 4 is 30.5 Å². The second kappa shape index (κ2) is 2.88. The van der Waals surface area contributed by atoms with E-state index in [2.05, 4.69) is 17.2 Å². The summed E-state index contributed by atoms with van der Waals surface area (Å²) in [5.41, 5.74) is 6.43. The predicted molar refractivity (Wildman–Crippen MR) is 50.0 cm³/mol. The largest absolute Gasteiger partial charge is 0.506 e. The summed E-state index contributed by atoms with van der Waals surface area (Å²) in [7, 11) is 1.83. The monoisotopic (exact) mass is 166 g/mol. The number of thiocarbonyl (C=S) groups is 1. The van der Waals surface area contributed by atoms with Gasteiger partial charge in [0, 0.05) is 6.20 Å². The Labute approximate surface area is 70.7 Å². The Hall–Kier alpha value is -1.10. The molecule has 0 fully saturated rings. The molecule has 0 atom stereocenters. The molecule has 0 radical (unpaired) electrons. The molecule has 0 aliphatic heterocycles. The van der Waals surface area contributed by atoms with Crippen LogP contribution in [0.5, 0.6) is 5.75 Å². The van der Waals surface area contributed by atoms with E-state index in [1.165, 1.54) is 0 Å². The van der Waals surface area contributed by atoms with Crippen LogP contribution in [0.1, 0.15) is 5.69 Å². The second-order valence-electron chi connectivity index (χ2n) is 2.24. The molecule has 0 aliphatic carbocycles. The Kier molecular flexibility index (Phi) is 2.09. The van der Waals surface area contributed by atoms with Crippen LogP contribution in [0.15, 0.2) is 12.3 Å². The fraction of sp³-hybridized carbons (Fsp3) is 0. The highest BCUT2D eigenvalue weighted by atomic mass is 32.1. The molecule has 3 N–H and O–H groups in total. The van der Waals surface area contributed by atoms with E-state index in [9.17, 15) is 5.11 Å². The number of pyridine rings is 1. The summed E-state index contributed by atoms with van der Waals surface area (Å²) in [5.74, 6) is 0.0394. The molecule has 0 aliphatic rings. The molecule has 0 saturated heterocycles. The highest BCUT2D eigenvalue weighted by Crippen LogP contribution is 2.09. The lowest BCUT2D eigenvalue weighted by atomic mass is 9.98. The molecule has 0 amide bonds. The number of aromatic nitrogens is 1. The van der Waals surface area contributed by atoms with E-state index in [1.54, 1.807) is 12.3 Å². The summed E-state index contributed by atoms with van der Waals surface area (Å²) in [4.78, 5) is 3.97. The van der Waals surface area contributed by atoms with Crippen LogP contribution in [0.3, 0.4) is 0 Å². The van der Waals surface area contributed by atoms with Crippen molar-refractivity contribution in [2.75, 3.05) is 0 Å². The molecule has 0 unspecified atom stereocenters. The van der Waals surface area contributed by atoms with Gasteiger partial charge in [-0.2, -0.15) is 0 Å². The van der Waals surface area contributed by atoms with Crippen molar-refractivity contribution in [1.29, 1.82) is 0 Å². The molecule has 1 heterocycles. The maximum Gasteiger partial charge on any atom is 0.143 e. The van der Waals surface area contributed by atoms with E-state index in [1.807, 2.05) is 7.85 Å². The van der Waals surface area contributed by atoms with E-state index in [0.717, 1.165) is 5.46 Å². The average Bonchev–Trinajstić information content (AvgIpc) is 1.85. The highest BCUT2D eigenvalue weighted by molar-refractivity contribution is 7.80. The number of hydrogen-bond donors (Lipinski definition) is 2. The normalized spacial score (nSPS) is 9.45. The third-order valence-corrected chi connectivity index (χ3v) is 1.43. The zero-order chi connectivity index (χ0) is 8.43. The molecule has 1 aromatic heterocycles. The van der Waals surface area contributed by atoms with Crippen LogP contribution in [-0.2, 0) is 0 Å². The van der Waals surface area contributed by atoms with Gasteiger partial charge in [0.15, 0.2) is 0 Å². The maximum atomic E-state index is 9.23. The summed E-state index contributed by atoms with van der Waals surface area (Å²) in [6.45, 7) is 0. The first-order valence-electron chi connectivity index (χ1n) is 3.06. The summed E-state index contributed by atoms with van der Waals surface area (Å²) in [6.07, 6.45) is 1.61. The summed E-state index contributed by atoms with van der Waals surface area (Å²) in [6, 6.07) is 1.57. The topological polar surface area (TPSA) is 59.1 Å². The SMILES string of the molecule is Bc1cnc(C(N)=S)c(O)c1. The van der Waals surface area contributed by atoms with E-state index >= 15 is 0 Å². The van der Waals surface area contributed by atoms with E-state index in [4.69, 9.17) is 5.73 Å². The van der Waals surface area contributed by atoms with Gasteiger partial charge in [0.1, 0.15) is 24.3 Å². The van der Waals surface area contributed by atoms with Gasteiger partial charge in [0.25, 0.3) is 0 Å². The van der Waals surface area contributed by atoms with Crippen LogP contribution in [0.25, 0.3) is 0 Å². The fourth-order valence-corrected chi connectivity index (χ4v) is 0.901. The summed E-state index contributed by atoms with van der Waals surface area (Å²) in [5, 5.41) is 9.23. The Bertz CT molecular complexity index is 303. The first-order valence-corrected chi connectivity index (χ1v) is 3.47. The lowest BCUT2D eigenvalue weighted by Crippen LogP contribution is -2.14. The molecule has 1 rings (SSSR count). The summed E-state index contributed by atoms with van der Waals surface area (Å²) >= 11 is 4.65. The zero-order valence-electron chi connectivity index (χ0n) is 6.03. The molecule has 5 heteroatoms. The quantitative estimate of drug-likeness (QED) is 0.401. The van der Waals surface area contributed by atoms with Crippen LogP contribution in [0.2, 0.25) is 0 Å². The first-order chi connectivity index (χ1) is 5.11. The lowest BCUT2D eigenvalue weighted by Gasteiger charge is -2.00.